The van der Waals surface area contributed by atoms with Crippen LogP contribution in [-0.4, -0.2) is 17.5 Å². The van der Waals surface area contributed by atoms with Crippen molar-refractivity contribution in [3.63, 3.8) is 0 Å². The van der Waals surface area contributed by atoms with E-state index in [0.717, 1.165) is 0 Å². The van der Waals surface area contributed by atoms with Crippen LogP contribution in [0.2, 0.25) is 0 Å². The molecule has 0 saturated heterocycles. The molecule has 0 aliphatic carbocycles. The molecule has 0 aliphatic rings. The van der Waals surface area contributed by atoms with Crippen molar-refractivity contribution >= 4 is 0 Å². The van der Waals surface area contributed by atoms with Crippen LogP contribution in [0.5, 0.6) is 0 Å². The topological polar surface area (TPSA) is 3.24 Å². The zero-order valence-electron chi connectivity index (χ0n) is 6.23. The highest BCUT2D eigenvalue weighted by atomic mass is 15.1. The Kier molecular flexibility index (Phi) is 2.08. The summed E-state index contributed by atoms with van der Waals surface area (Å²) in [4.78, 5) is 2.08. The zero-order chi connectivity index (χ0) is 6.78. The van der Waals surface area contributed by atoms with Crippen LogP contribution >= 0.6 is 0 Å². The SMILES string of the molecule is C=CN(C)C(C)(C)C. The molecular weight excluding hydrogens is 98.1 g/mol. The van der Waals surface area contributed by atoms with Crippen molar-refractivity contribution in [3.05, 3.63) is 12.8 Å². The van der Waals surface area contributed by atoms with Crippen LogP contribution in [0.3, 0.4) is 0 Å². The molecule has 0 unspecified atom stereocenters. The van der Waals surface area contributed by atoms with E-state index in [1.165, 1.54) is 0 Å². The Bertz CT molecular complexity index is 78.9. The summed E-state index contributed by atoms with van der Waals surface area (Å²) in [5, 5.41) is 0. The van der Waals surface area contributed by atoms with E-state index in [1.807, 2.05) is 13.2 Å². The average molecular weight is 113 g/mol. The molecule has 0 heterocycles. The normalized spacial score (nSPS) is 11.0. The molecule has 1 nitrogen and oxygen atoms in total. The predicted octanol–water partition coefficient (Wildman–Crippen LogP) is 1.86. The summed E-state index contributed by atoms with van der Waals surface area (Å²) in [6.45, 7) is 10.1. The highest BCUT2D eigenvalue weighted by molar-refractivity contribution is 4.80. The first kappa shape index (κ1) is 7.54. The van der Waals surface area contributed by atoms with Gasteiger partial charge in [-0.3, -0.25) is 0 Å². The molecule has 0 amide bonds. The maximum atomic E-state index is 3.65. The summed E-state index contributed by atoms with van der Waals surface area (Å²) in [5.74, 6) is 0. The standard InChI is InChI=1S/C7H15N/c1-6-8(5)7(2,3)4/h6H,1H2,2-5H3. The molecule has 0 aromatic heterocycles. The summed E-state index contributed by atoms with van der Waals surface area (Å²) in [6, 6.07) is 0. The molecule has 0 saturated carbocycles. The van der Waals surface area contributed by atoms with E-state index in [9.17, 15) is 0 Å². The molecule has 0 bridgehead atoms. The minimum atomic E-state index is 0.224. The van der Waals surface area contributed by atoms with Gasteiger partial charge < -0.3 is 4.90 Å². The van der Waals surface area contributed by atoms with E-state index in [0.29, 0.717) is 0 Å². The smallest absolute Gasteiger partial charge is 0.0309 e. The van der Waals surface area contributed by atoms with Gasteiger partial charge in [0.15, 0.2) is 0 Å². The fraction of sp³-hybridized carbons (Fsp3) is 0.714. The number of rotatable bonds is 1. The maximum absolute atomic E-state index is 3.65. The molecule has 8 heavy (non-hydrogen) atoms. The summed E-state index contributed by atoms with van der Waals surface area (Å²) >= 11 is 0. The molecule has 1 heteroatoms. The molecule has 0 aromatic rings. The van der Waals surface area contributed by atoms with E-state index in [-0.39, 0.29) is 5.54 Å². The first-order valence-electron chi connectivity index (χ1n) is 2.84. The van der Waals surface area contributed by atoms with Crippen LogP contribution in [0.25, 0.3) is 0 Å². The Labute approximate surface area is 52.0 Å². The van der Waals surface area contributed by atoms with Crippen LogP contribution in [0.4, 0.5) is 0 Å². The van der Waals surface area contributed by atoms with Crippen molar-refractivity contribution in [1.29, 1.82) is 0 Å². The van der Waals surface area contributed by atoms with Crippen molar-refractivity contribution in [2.24, 2.45) is 0 Å². The second-order valence-corrected chi connectivity index (χ2v) is 2.96. The van der Waals surface area contributed by atoms with Gasteiger partial charge in [-0.1, -0.05) is 6.58 Å². The predicted molar refractivity (Wildman–Crippen MR) is 37.7 cm³/mol. The molecule has 0 N–H and O–H groups in total. The van der Waals surface area contributed by atoms with Crippen molar-refractivity contribution in [2.45, 2.75) is 26.3 Å². The molecule has 48 valence electrons. The first-order valence-corrected chi connectivity index (χ1v) is 2.84. The lowest BCUT2D eigenvalue weighted by atomic mass is 10.1. The number of nitrogens with zero attached hydrogens (tertiary/aromatic N) is 1. The second kappa shape index (κ2) is 2.21. The van der Waals surface area contributed by atoms with Crippen molar-refractivity contribution < 1.29 is 0 Å². The van der Waals surface area contributed by atoms with Gasteiger partial charge >= 0.3 is 0 Å². The molecule has 0 fully saturated rings. The van der Waals surface area contributed by atoms with E-state index in [1.54, 1.807) is 0 Å². The summed E-state index contributed by atoms with van der Waals surface area (Å²) in [6.07, 6.45) is 1.83. The third kappa shape index (κ3) is 2.01. The molecule has 0 aliphatic heterocycles. The maximum Gasteiger partial charge on any atom is 0.0309 e. The molecule has 0 radical (unpaired) electrons. The van der Waals surface area contributed by atoms with Gasteiger partial charge in [-0.2, -0.15) is 0 Å². The fourth-order valence-corrected chi connectivity index (χ4v) is 0.274. The van der Waals surface area contributed by atoms with E-state index in [2.05, 4.69) is 32.3 Å². The van der Waals surface area contributed by atoms with Crippen molar-refractivity contribution in [2.75, 3.05) is 7.05 Å². The quantitative estimate of drug-likeness (QED) is 0.501. The van der Waals surface area contributed by atoms with Gasteiger partial charge in [-0.15, -0.1) is 0 Å². The lowest BCUT2D eigenvalue weighted by molar-refractivity contribution is 0.250. The average Bonchev–Trinajstić information content (AvgIpc) is 1.62. The molecule has 0 aromatic carbocycles. The van der Waals surface area contributed by atoms with Gasteiger partial charge in [0, 0.05) is 12.6 Å². The highest BCUT2D eigenvalue weighted by Gasteiger charge is 2.11. The van der Waals surface area contributed by atoms with E-state index >= 15 is 0 Å². The third-order valence-corrected chi connectivity index (χ3v) is 1.33. The summed E-state index contributed by atoms with van der Waals surface area (Å²) in [7, 11) is 2.02. The van der Waals surface area contributed by atoms with Gasteiger partial charge in [0.25, 0.3) is 0 Å². The lowest BCUT2D eigenvalue weighted by Gasteiger charge is -2.30. The first-order chi connectivity index (χ1) is 3.48. The van der Waals surface area contributed by atoms with Gasteiger partial charge in [-0.25, -0.2) is 0 Å². The van der Waals surface area contributed by atoms with Crippen LogP contribution in [0.15, 0.2) is 12.8 Å². The van der Waals surface area contributed by atoms with Crippen molar-refractivity contribution in [1.82, 2.24) is 4.90 Å². The molecule has 0 atom stereocenters. The zero-order valence-corrected chi connectivity index (χ0v) is 6.23. The van der Waals surface area contributed by atoms with Crippen LogP contribution in [0.1, 0.15) is 20.8 Å². The van der Waals surface area contributed by atoms with Crippen LogP contribution in [-0.2, 0) is 0 Å². The Morgan fingerprint density at radius 2 is 1.75 bits per heavy atom. The third-order valence-electron chi connectivity index (χ3n) is 1.33. The van der Waals surface area contributed by atoms with Gasteiger partial charge in [0.1, 0.15) is 0 Å². The van der Waals surface area contributed by atoms with Gasteiger partial charge in [-0.05, 0) is 27.0 Å². The van der Waals surface area contributed by atoms with Gasteiger partial charge in [0.2, 0.25) is 0 Å². The Morgan fingerprint density at radius 3 is 1.75 bits per heavy atom. The van der Waals surface area contributed by atoms with Crippen LogP contribution < -0.4 is 0 Å². The van der Waals surface area contributed by atoms with E-state index < -0.39 is 0 Å². The van der Waals surface area contributed by atoms with Crippen LogP contribution in [0, 0.1) is 0 Å². The monoisotopic (exact) mass is 113 g/mol. The van der Waals surface area contributed by atoms with Crippen molar-refractivity contribution in [3.8, 4) is 0 Å². The second-order valence-electron chi connectivity index (χ2n) is 2.96. The number of hydrogen-bond acceptors (Lipinski definition) is 1. The summed E-state index contributed by atoms with van der Waals surface area (Å²) in [5.41, 5.74) is 0.224. The Balaban J connectivity index is 3.80. The Morgan fingerprint density at radius 1 is 1.38 bits per heavy atom. The minimum Gasteiger partial charge on any atom is -0.376 e. The Hall–Kier alpha value is -0.460. The molecular formula is C7H15N. The lowest BCUT2D eigenvalue weighted by Crippen LogP contribution is -2.33. The van der Waals surface area contributed by atoms with Gasteiger partial charge in [0.05, 0.1) is 0 Å². The fourth-order valence-electron chi connectivity index (χ4n) is 0.274. The molecule has 0 rings (SSSR count). The molecule has 0 spiro atoms. The number of hydrogen-bond donors (Lipinski definition) is 0. The van der Waals surface area contributed by atoms with E-state index in [4.69, 9.17) is 0 Å². The highest BCUT2D eigenvalue weighted by Crippen LogP contribution is 2.08. The largest absolute Gasteiger partial charge is 0.376 e. The summed E-state index contributed by atoms with van der Waals surface area (Å²) < 4.78 is 0. The minimum absolute atomic E-state index is 0.224.